The third-order valence-corrected chi connectivity index (χ3v) is 7.14. The summed E-state index contributed by atoms with van der Waals surface area (Å²) in [6, 6.07) is 9.26. The first-order chi connectivity index (χ1) is 17.7. The Bertz CT molecular complexity index is 1440. The molecule has 1 aliphatic carbocycles. The van der Waals surface area contributed by atoms with Crippen molar-refractivity contribution in [2.75, 3.05) is 4.90 Å². The van der Waals surface area contributed by atoms with Gasteiger partial charge in [0.15, 0.2) is 11.5 Å². The van der Waals surface area contributed by atoms with Gasteiger partial charge in [0.1, 0.15) is 5.56 Å². The number of aromatic carboxylic acids is 1. The molecule has 1 amide bonds. The topological polar surface area (TPSA) is 106 Å². The van der Waals surface area contributed by atoms with Gasteiger partial charge in [-0.15, -0.1) is 5.10 Å². The van der Waals surface area contributed by atoms with E-state index in [0.717, 1.165) is 48.2 Å². The largest absolute Gasteiger partial charge is 0.477 e. The van der Waals surface area contributed by atoms with Crippen LogP contribution in [0.25, 0.3) is 22.6 Å². The number of benzene rings is 1. The summed E-state index contributed by atoms with van der Waals surface area (Å²) in [5, 5.41) is 19.2. The Balaban J connectivity index is 1.46. The second kappa shape index (κ2) is 9.80. The van der Waals surface area contributed by atoms with Crippen molar-refractivity contribution in [3.63, 3.8) is 0 Å². The number of carboxylic acid groups (broad SMARTS) is 1. The van der Waals surface area contributed by atoms with Crippen LogP contribution in [0, 0.1) is 18.8 Å². The number of carbonyl (C=O) groups excluding carboxylic acids is 1. The van der Waals surface area contributed by atoms with Crippen LogP contribution in [0.2, 0.25) is 0 Å². The van der Waals surface area contributed by atoms with Gasteiger partial charge in [-0.3, -0.25) is 9.69 Å². The summed E-state index contributed by atoms with van der Waals surface area (Å²) in [5.74, 6) is -0.443. The zero-order chi connectivity index (χ0) is 26.3. The summed E-state index contributed by atoms with van der Waals surface area (Å²) >= 11 is 0. The molecule has 1 N–H and O–H groups in total. The van der Waals surface area contributed by atoms with Gasteiger partial charge in [0.05, 0.1) is 11.4 Å². The number of nitrogens with zero attached hydrogens (tertiary/aromatic N) is 6. The van der Waals surface area contributed by atoms with Crippen molar-refractivity contribution in [1.29, 1.82) is 0 Å². The van der Waals surface area contributed by atoms with Gasteiger partial charge in [-0.2, -0.15) is 5.10 Å². The molecule has 37 heavy (non-hydrogen) atoms. The molecule has 0 aliphatic heterocycles. The van der Waals surface area contributed by atoms with Crippen LogP contribution in [0.3, 0.4) is 0 Å². The van der Waals surface area contributed by atoms with Crippen LogP contribution < -0.4 is 4.90 Å². The number of hydrogen-bond acceptors (Lipinski definition) is 5. The van der Waals surface area contributed by atoms with E-state index >= 15 is 0 Å². The Labute approximate surface area is 215 Å². The van der Waals surface area contributed by atoms with Crippen LogP contribution in [0.5, 0.6) is 0 Å². The van der Waals surface area contributed by atoms with Crippen LogP contribution >= 0.6 is 0 Å². The summed E-state index contributed by atoms with van der Waals surface area (Å²) in [4.78, 5) is 31.7. The number of hydrogen-bond donors (Lipinski definition) is 1. The lowest BCUT2D eigenvalue weighted by atomic mass is 9.82. The summed E-state index contributed by atoms with van der Waals surface area (Å²) in [6.45, 7) is 7.97. The molecule has 9 heteroatoms. The lowest BCUT2D eigenvalue weighted by Crippen LogP contribution is -2.43. The highest BCUT2D eigenvalue weighted by molar-refractivity contribution is 6.01. The summed E-state index contributed by atoms with van der Waals surface area (Å²) in [6.07, 6.45) is 8.88. The third kappa shape index (κ3) is 4.85. The van der Waals surface area contributed by atoms with Gasteiger partial charge in [-0.1, -0.05) is 19.1 Å². The lowest BCUT2D eigenvalue weighted by Gasteiger charge is -2.32. The van der Waals surface area contributed by atoms with Gasteiger partial charge in [0, 0.05) is 42.2 Å². The molecular weight excluding hydrogens is 468 g/mol. The van der Waals surface area contributed by atoms with Gasteiger partial charge in [0.25, 0.3) is 0 Å². The predicted molar refractivity (Wildman–Crippen MR) is 141 cm³/mol. The Morgan fingerprint density at radius 2 is 1.76 bits per heavy atom. The molecule has 0 unspecified atom stereocenters. The Hall–Kier alpha value is -4.01. The molecule has 3 heterocycles. The SMILES string of the molecule is Cc1cnc2cc(-c3ccc(-n4cc(C(=O)O)c(N(C(=O)C5CCC(C)CC5)C(C)C)n4)cc3)nn2c1. The Morgan fingerprint density at radius 3 is 2.41 bits per heavy atom. The molecule has 3 aromatic heterocycles. The molecule has 5 rings (SSSR count). The minimum absolute atomic E-state index is 0.0112. The molecule has 4 aromatic rings. The maximum Gasteiger partial charge on any atom is 0.341 e. The second-order valence-electron chi connectivity index (χ2n) is 10.4. The van der Waals surface area contributed by atoms with Crippen molar-refractivity contribution in [1.82, 2.24) is 24.4 Å². The molecule has 1 aliphatic rings. The van der Waals surface area contributed by atoms with Crippen LogP contribution in [0.15, 0.2) is 48.9 Å². The predicted octanol–water partition coefficient (Wildman–Crippen LogP) is 5.16. The molecule has 0 radical (unpaired) electrons. The van der Waals surface area contributed by atoms with Gasteiger partial charge >= 0.3 is 5.97 Å². The zero-order valence-electron chi connectivity index (χ0n) is 21.6. The minimum atomic E-state index is -1.11. The van der Waals surface area contributed by atoms with E-state index in [1.54, 1.807) is 15.6 Å². The van der Waals surface area contributed by atoms with Crippen molar-refractivity contribution < 1.29 is 14.7 Å². The molecule has 0 bridgehead atoms. The van der Waals surface area contributed by atoms with E-state index in [-0.39, 0.29) is 29.2 Å². The van der Waals surface area contributed by atoms with Gasteiger partial charge in [-0.05, 0) is 70.1 Å². The summed E-state index contributed by atoms with van der Waals surface area (Å²) < 4.78 is 3.28. The number of rotatable bonds is 6. The molecule has 1 aromatic carbocycles. The molecule has 0 atom stereocenters. The maximum atomic E-state index is 13.5. The quantitative estimate of drug-likeness (QED) is 0.392. The van der Waals surface area contributed by atoms with E-state index in [0.29, 0.717) is 11.6 Å². The number of aromatic nitrogens is 5. The average molecular weight is 501 g/mol. The second-order valence-corrected chi connectivity index (χ2v) is 10.4. The summed E-state index contributed by atoms with van der Waals surface area (Å²) in [5.41, 5.74) is 4.18. The van der Waals surface area contributed by atoms with Crippen LogP contribution in [0.4, 0.5) is 5.82 Å². The third-order valence-electron chi connectivity index (χ3n) is 7.14. The monoisotopic (exact) mass is 500 g/mol. The highest BCUT2D eigenvalue weighted by Crippen LogP contribution is 2.33. The summed E-state index contributed by atoms with van der Waals surface area (Å²) in [7, 11) is 0. The number of carbonyl (C=O) groups is 2. The molecular formula is C28H32N6O3. The molecule has 1 saturated carbocycles. The molecule has 0 saturated heterocycles. The fraction of sp³-hybridized carbons (Fsp3) is 0.393. The van der Waals surface area contributed by atoms with Crippen molar-refractivity contribution in [2.24, 2.45) is 11.8 Å². The minimum Gasteiger partial charge on any atom is -0.477 e. The van der Waals surface area contributed by atoms with E-state index in [2.05, 4.69) is 22.1 Å². The number of amides is 1. The van der Waals surface area contributed by atoms with Crippen molar-refractivity contribution in [3.05, 3.63) is 60.0 Å². The van der Waals surface area contributed by atoms with E-state index in [1.165, 1.54) is 10.9 Å². The van der Waals surface area contributed by atoms with E-state index < -0.39 is 5.97 Å². The van der Waals surface area contributed by atoms with Gasteiger partial charge < -0.3 is 5.11 Å². The van der Waals surface area contributed by atoms with Crippen molar-refractivity contribution in [2.45, 2.75) is 59.4 Å². The normalized spacial score (nSPS) is 17.9. The number of aryl methyl sites for hydroxylation is 1. The van der Waals surface area contributed by atoms with E-state index in [4.69, 9.17) is 0 Å². The fourth-order valence-corrected chi connectivity index (χ4v) is 5.03. The van der Waals surface area contributed by atoms with Crippen LogP contribution in [0.1, 0.15) is 62.4 Å². The van der Waals surface area contributed by atoms with Crippen molar-refractivity contribution in [3.8, 4) is 16.9 Å². The number of carboxylic acids is 1. The van der Waals surface area contributed by atoms with E-state index in [1.807, 2.05) is 57.3 Å². The number of anilines is 1. The van der Waals surface area contributed by atoms with E-state index in [9.17, 15) is 14.7 Å². The number of fused-ring (bicyclic) bond motifs is 1. The maximum absolute atomic E-state index is 13.5. The van der Waals surface area contributed by atoms with Gasteiger partial charge in [-0.25, -0.2) is 19.0 Å². The van der Waals surface area contributed by atoms with Gasteiger partial charge in [0.2, 0.25) is 5.91 Å². The standard InChI is InChI=1S/C28H32N6O3/c1-17(2)34(27(35)21-7-5-18(3)6-8-21)26-23(28(36)37)16-32(31-26)22-11-9-20(10-12-22)24-13-25-29-14-19(4)15-33(25)30-24/h9-18,21H,5-8H2,1-4H3,(H,36,37). The fourth-order valence-electron chi connectivity index (χ4n) is 5.03. The average Bonchev–Trinajstić information content (AvgIpc) is 3.49. The molecule has 9 nitrogen and oxygen atoms in total. The highest BCUT2D eigenvalue weighted by atomic mass is 16.4. The lowest BCUT2D eigenvalue weighted by molar-refractivity contribution is -0.124. The van der Waals surface area contributed by atoms with Crippen molar-refractivity contribution >= 4 is 23.3 Å². The Kier molecular flexibility index (Phi) is 6.54. The molecule has 1 fully saturated rings. The highest BCUT2D eigenvalue weighted by Gasteiger charge is 2.34. The van der Waals surface area contributed by atoms with Crippen LogP contribution in [-0.4, -0.2) is 47.4 Å². The first kappa shape index (κ1) is 24.7. The zero-order valence-corrected chi connectivity index (χ0v) is 21.6. The van der Waals surface area contributed by atoms with Crippen LogP contribution in [-0.2, 0) is 4.79 Å². The first-order valence-corrected chi connectivity index (χ1v) is 12.8. The smallest absolute Gasteiger partial charge is 0.341 e. The first-order valence-electron chi connectivity index (χ1n) is 12.8. The Morgan fingerprint density at radius 1 is 1.05 bits per heavy atom. The molecule has 0 spiro atoms. The molecule has 192 valence electrons.